The Kier molecular flexibility index (Phi) is 4.12. The molecule has 86 valence electrons. The average molecular weight is 213 g/mol. The van der Waals surface area contributed by atoms with Crippen molar-refractivity contribution in [3.63, 3.8) is 0 Å². The number of hydrogen-bond donors (Lipinski definition) is 1. The first-order valence-electron chi connectivity index (χ1n) is 5.49. The number of nitrogens with zero attached hydrogens (tertiary/aromatic N) is 1. The first-order chi connectivity index (χ1) is 7.02. The number of rotatable bonds is 6. The molecule has 0 spiro atoms. The number of carbonyl (C=O) groups is 2. The minimum atomic E-state index is -0.800. The number of aliphatic carboxylic acids is 1. The van der Waals surface area contributed by atoms with Crippen LogP contribution in [0.1, 0.15) is 32.6 Å². The van der Waals surface area contributed by atoms with Crippen LogP contribution in [-0.2, 0) is 9.59 Å². The van der Waals surface area contributed by atoms with Crippen LogP contribution < -0.4 is 0 Å². The molecule has 1 unspecified atom stereocenters. The second kappa shape index (κ2) is 5.14. The van der Waals surface area contributed by atoms with Crippen molar-refractivity contribution in [1.29, 1.82) is 0 Å². The van der Waals surface area contributed by atoms with Crippen LogP contribution in [0.15, 0.2) is 0 Å². The van der Waals surface area contributed by atoms with E-state index in [4.69, 9.17) is 5.11 Å². The van der Waals surface area contributed by atoms with Gasteiger partial charge in [0.15, 0.2) is 0 Å². The molecule has 0 aromatic heterocycles. The first kappa shape index (κ1) is 12.0. The summed E-state index contributed by atoms with van der Waals surface area (Å²) >= 11 is 0. The van der Waals surface area contributed by atoms with Gasteiger partial charge in [0, 0.05) is 25.9 Å². The number of carboxylic acids is 1. The number of hydrogen-bond acceptors (Lipinski definition) is 2. The average Bonchev–Trinajstić information content (AvgIpc) is 2.98. The molecule has 15 heavy (non-hydrogen) atoms. The van der Waals surface area contributed by atoms with Gasteiger partial charge in [0.2, 0.25) is 5.91 Å². The zero-order valence-electron chi connectivity index (χ0n) is 9.40. The van der Waals surface area contributed by atoms with E-state index in [1.54, 1.807) is 11.9 Å². The monoisotopic (exact) mass is 213 g/mol. The minimum absolute atomic E-state index is 0.111. The van der Waals surface area contributed by atoms with Gasteiger partial charge in [-0.05, 0) is 25.2 Å². The molecule has 1 aliphatic rings. The Morgan fingerprint density at radius 1 is 1.47 bits per heavy atom. The lowest BCUT2D eigenvalue weighted by Crippen LogP contribution is -2.33. The molecule has 0 aromatic rings. The minimum Gasteiger partial charge on any atom is -0.481 e. The van der Waals surface area contributed by atoms with Gasteiger partial charge in [-0.3, -0.25) is 9.59 Å². The third-order valence-electron chi connectivity index (χ3n) is 2.98. The number of amides is 1. The quantitative estimate of drug-likeness (QED) is 0.724. The van der Waals surface area contributed by atoms with Crippen molar-refractivity contribution in [2.75, 3.05) is 13.6 Å². The fourth-order valence-corrected chi connectivity index (χ4v) is 1.72. The molecular formula is C11H19NO3. The van der Waals surface area contributed by atoms with Gasteiger partial charge in [-0.2, -0.15) is 0 Å². The fraction of sp³-hybridized carbons (Fsp3) is 0.818. The van der Waals surface area contributed by atoms with Crippen LogP contribution in [0.25, 0.3) is 0 Å². The maximum atomic E-state index is 11.8. The SMILES string of the molecule is CC(C(=O)N(C)CCCC(=O)O)C1CC1. The van der Waals surface area contributed by atoms with Crippen LogP contribution in [0.4, 0.5) is 0 Å². The summed E-state index contributed by atoms with van der Waals surface area (Å²) < 4.78 is 0. The van der Waals surface area contributed by atoms with Crippen LogP contribution in [0.5, 0.6) is 0 Å². The Balaban J connectivity index is 2.22. The summed E-state index contributed by atoms with van der Waals surface area (Å²) in [5, 5.41) is 8.47. The van der Waals surface area contributed by atoms with E-state index >= 15 is 0 Å². The smallest absolute Gasteiger partial charge is 0.303 e. The highest BCUT2D eigenvalue weighted by atomic mass is 16.4. The molecular weight excluding hydrogens is 194 g/mol. The number of carbonyl (C=O) groups excluding carboxylic acids is 1. The summed E-state index contributed by atoms with van der Waals surface area (Å²) in [7, 11) is 1.75. The van der Waals surface area contributed by atoms with Crippen molar-refractivity contribution in [2.45, 2.75) is 32.6 Å². The van der Waals surface area contributed by atoms with Gasteiger partial charge < -0.3 is 10.0 Å². The van der Waals surface area contributed by atoms with Crippen LogP contribution in [0.2, 0.25) is 0 Å². The van der Waals surface area contributed by atoms with Crippen molar-refractivity contribution in [1.82, 2.24) is 4.90 Å². The van der Waals surface area contributed by atoms with Crippen molar-refractivity contribution in [3.8, 4) is 0 Å². The van der Waals surface area contributed by atoms with Crippen molar-refractivity contribution >= 4 is 11.9 Å². The summed E-state index contributed by atoms with van der Waals surface area (Å²) in [6.45, 7) is 2.51. The van der Waals surface area contributed by atoms with Crippen molar-refractivity contribution < 1.29 is 14.7 Å². The largest absolute Gasteiger partial charge is 0.481 e. The van der Waals surface area contributed by atoms with Gasteiger partial charge in [0.1, 0.15) is 0 Å². The van der Waals surface area contributed by atoms with E-state index in [1.807, 2.05) is 6.92 Å². The Bertz CT molecular complexity index is 248. The highest BCUT2D eigenvalue weighted by molar-refractivity contribution is 5.78. The molecule has 1 atom stereocenters. The lowest BCUT2D eigenvalue weighted by molar-refractivity contribution is -0.138. The topological polar surface area (TPSA) is 57.6 Å². The highest BCUT2D eigenvalue weighted by Gasteiger charge is 2.33. The summed E-state index contributed by atoms with van der Waals surface area (Å²) in [5.74, 6) is 0.0354. The molecule has 4 nitrogen and oxygen atoms in total. The van der Waals surface area contributed by atoms with Gasteiger partial charge in [-0.15, -0.1) is 0 Å². The molecule has 0 radical (unpaired) electrons. The normalized spacial score (nSPS) is 17.2. The van der Waals surface area contributed by atoms with Gasteiger partial charge in [0.05, 0.1) is 0 Å². The van der Waals surface area contributed by atoms with Gasteiger partial charge >= 0.3 is 5.97 Å². The maximum Gasteiger partial charge on any atom is 0.303 e. The Labute approximate surface area is 90.3 Å². The summed E-state index contributed by atoms with van der Waals surface area (Å²) in [5.41, 5.74) is 0. The third-order valence-corrected chi connectivity index (χ3v) is 2.98. The van der Waals surface area contributed by atoms with E-state index in [-0.39, 0.29) is 18.2 Å². The van der Waals surface area contributed by atoms with E-state index in [0.717, 1.165) is 12.8 Å². The van der Waals surface area contributed by atoms with Crippen LogP contribution in [0, 0.1) is 11.8 Å². The zero-order chi connectivity index (χ0) is 11.4. The number of carboxylic acid groups (broad SMARTS) is 1. The van der Waals surface area contributed by atoms with Gasteiger partial charge in [-0.1, -0.05) is 6.92 Å². The molecule has 1 rings (SSSR count). The van der Waals surface area contributed by atoms with Crippen molar-refractivity contribution in [2.24, 2.45) is 11.8 Å². The van der Waals surface area contributed by atoms with Gasteiger partial charge in [-0.25, -0.2) is 0 Å². The third kappa shape index (κ3) is 3.90. The molecule has 1 amide bonds. The van der Waals surface area contributed by atoms with E-state index in [2.05, 4.69) is 0 Å². The standard InChI is InChI=1S/C11H19NO3/c1-8(9-5-6-9)11(15)12(2)7-3-4-10(13)14/h8-9H,3-7H2,1-2H3,(H,13,14). The molecule has 0 heterocycles. The first-order valence-corrected chi connectivity index (χ1v) is 5.49. The molecule has 1 aliphatic carbocycles. The van der Waals surface area contributed by atoms with E-state index in [0.29, 0.717) is 18.9 Å². The molecule has 0 bridgehead atoms. The summed E-state index contributed by atoms with van der Waals surface area (Å²) in [6, 6.07) is 0. The molecule has 0 aromatic carbocycles. The van der Waals surface area contributed by atoms with Crippen LogP contribution in [-0.4, -0.2) is 35.5 Å². The Hall–Kier alpha value is -1.06. The predicted molar refractivity (Wildman–Crippen MR) is 56.4 cm³/mol. The second-order valence-electron chi connectivity index (χ2n) is 4.38. The Morgan fingerprint density at radius 3 is 2.53 bits per heavy atom. The van der Waals surface area contributed by atoms with Crippen LogP contribution in [0.3, 0.4) is 0 Å². The highest BCUT2D eigenvalue weighted by Crippen LogP contribution is 2.37. The molecule has 0 aliphatic heterocycles. The summed E-state index contributed by atoms with van der Waals surface area (Å²) in [6.07, 6.45) is 3.00. The molecule has 0 saturated heterocycles. The molecule has 1 N–H and O–H groups in total. The summed E-state index contributed by atoms with van der Waals surface area (Å²) in [4.78, 5) is 23.7. The van der Waals surface area contributed by atoms with E-state index in [9.17, 15) is 9.59 Å². The molecule has 1 saturated carbocycles. The second-order valence-corrected chi connectivity index (χ2v) is 4.38. The Morgan fingerprint density at radius 2 is 2.07 bits per heavy atom. The molecule has 1 fully saturated rings. The van der Waals surface area contributed by atoms with Gasteiger partial charge in [0.25, 0.3) is 0 Å². The van der Waals surface area contributed by atoms with E-state index in [1.165, 1.54) is 0 Å². The van der Waals surface area contributed by atoms with Crippen LogP contribution >= 0.6 is 0 Å². The fourth-order valence-electron chi connectivity index (χ4n) is 1.72. The lowest BCUT2D eigenvalue weighted by atomic mass is 10.1. The van der Waals surface area contributed by atoms with Crippen molar-refractivity contribution in [3.05, 3.63) is 0 Å². The van der Waals surface area contributed by atoms with E-state index < -0.39 is 5.97 Å². The predicted octanol–water partition coefficient (Wildman–Crippen LogP) is 1.36. The lowest BCUT2D eigenvalue weighted by Gasteiger charge is -2.20. The zero-order valence-corrected chi connectivity index (χ0v) is 9.40. The molecule has 4 heteroatoms. The maximum absolute atomic E-state index is 11.8.